The Bertz CT molecular complexity index is 1090. The van der Waals surface area contributed by atoms with Crippen molar-refractivity contribution < 1.29 is 19.1 Å². The number of rotatable bonds is 6. The third kappa shape index (κ3) is 6.61. The quantitative estimate of drug-likeness (QED) is 0.483. The molecule has 34 heavy (non-hydrogen) atoms. The number of nitrogens with one attached hydrogen (secondary N) is 2. The molecule has 7 nitrogen and oxygen atoms in total. The summed E-state index contributed by atoms with van der Waals surface area (Å²) in [6.07, 6.45) is 5.00. The van der Waals surface area contributed by atoms with Gasteiger partial charge in [-0.15, -0.1) is 0 Å². The maximum atomic E-state index is 13.6. The van der Waals surface area contributed by atoms with Gasteiger partial charge >= 0.3 is 6.09 Å². The zero-order valence-electron chi connectivity index (χ0n) is 20.9. The van der Waals surface area contributed by atoms with E-state index in [9.17, 15) is 14.4 Å². The monoisotopic (exact) mass is 463 g/mol. The zero-order valence-corrected chi connectivity index (χ0v) is 20.9. The molecule has 0 spiro atoms. The van der Waals surface area contributed by atoms with Crippen LogP contribution in [0.3, 0.4) is 0 Å². The molecule has 0 heterocycles. The molecule has 0 aliphatic heterocycles. The molecule has 180 valence electrons. The second kappa shape index (κ2) is 10.9. The molecule has 2 atom stereocenters. The van der Waals surface area contributed by atoms with Gasteiger partial charge in [0, 0.05) is 11.7 Å². The molecule has 0 saturated carbocycles. The first-order chi connectivity index (χ1) is 15.9. The van der Waals surface area contributed by atoms with Gasteiger partial charge in [0.25, 0.3) is 11.8 Å². The second-order valence-corrected chi connectivity index (χ2v) is 9.22. The maximum Gasteiger partial charge on any atom is 0.408 e. The predicted molar refractivity (Wildman–Crippen MR) is 133 cm³/mol. The molecule has 0 aromatic heterocycles. The van der Waals surface area contributed by atoms with E-state index in [4.69, 9.17) is 11.2 Å². The number of anilines is 1. The third-order valence-electron chi connectivity index (χ3n) is 5.20. The van der Waals surface area contributed by atoms with Gasteiger partial charge in [0.05, 0.1) is 0 Å². The highest BCUT2D eigenvalue weighted by Gasteiger charge is 2.35. The molecule has 2 rings (SSSR count). The van der Waals surface area contributed by atoms with Crippen molar-refractivity contribution in [2.24, 2.45) is 0 Å². The fraction of sp³-hybridized carbons (Fsp3) is 0.370. The molecule has 0 radical (unpaired) electrons. The van der Waals surface area contributed by atoms with Gasteiger partial charge < -0.3 is 15.4 Å². The SMILES string of the molecule is C#CN(C(=O)C(C)NC(=O)OC(C)(C)C)C(C(=O)Nc1c(C)cccc1C)c1ccccc1C. The lowest BCUT2D eigenvalue weighted by atomic mass is 9.98. The number of hydrogen-bond donors (Lipinski definition) is 2. The first-order valence-electron chi connectivity index (χ1n) is 11.1. The van der Waals surface area contributed by atoms with Crippen LogP contribution in [0.25, 0.3) is 0 Å². The molecule has 2 N–H and O–H groups in total. The standard InChI is InChI=1S/C27H33N3O4/c1-9-30(25(32)20(5)28-26(33)34-27(6,7)8)23(21-16-11-10-13-17(21)2)24(31)29-22-18(3)14-12-15-19(22)4/h1,10-16,20,23H,2-8H3,(H,28,33)(H,29,31). The molecule has 0 fully saturated rings. The summed E-state index contributed by atoms with van der Waals surface area (Å²) in [7, 11) is 0. The molecule has 7 heteroatoms. The molecular formula is C27H33N3O4. The second-order valence-electron chi connectivity index (χ2n) is 9.22. The Morgan fingerprint density at radius 1 is 0.971 bits per heavy atom. The number of carbonyl (C=O) groups excluding carboxylic acids is 3. The molecule has 0 aliphatic carbocycles. The van der Waals surface area contributed by atoms with Crippen LogP contribution in [0.2, 0.25) is 0 Å². The normalized spacial score (nSPS) is 12.6. The third-order valence-corrected chi connectivity index (χ3v) is 5.20. The van der Waals surface area contributed by atoms with Gasteiger partial charge in [-0.3, -0.25) is 14.5 Å². The van der Waals surface area contributed by atoms with Crippen molar-refractivity contribution in [3.8, 4) is 12.5 Å². The van der Waals surface area contributed by atoms with E-state index in [2.05, 4.69) is 16.7 Å². The zero-order chi connectivity index (χ0) is 25.6. The van der Waals surface area contributed by atoms with E-state index in [0.29, 0.717) is 11.3 Å². The maximum absolute atomic E-state index is 13.6. The van der Waals surface area contributed by atoms with E-state index in [-0.39, 0.29) is 0 Å². The van der Waals surface area contributed by atoms with Crippen molar-refractivity contribution in [3.05, 3.63) is 64.7 Å². The average Bonchev–Trinajstić information content (AvgIpc) is 2.73. The lowest BCUT2D eigenvalue weighted by Crippen LogP contribution is -2.49. The van der Waals surface area contributed by atoms with Crippen LogP contribution < -0.4 is 10.6 Å². The van der Waals surface area contributed by atoms with Gasteiger partial charge in [-0.2, -0.15) is 0 Å². The molecule has 2 aromatic carbocycles. The number of amides is 3. The van der Waals surface area contributed by atoms with Gasteiger partial charge in [0.1, 0.15) is 17.7 Å². The summed E-state index contributed by atoms with van der Waals surface area (Å²) >= 11 is 0. The summed E-state index contributed by atoms with van der Waals surface area (Å²) in [5.41, 5.74) is 3.08. The average molecular weight is 464 g/mol. The van der Waals surface area contributed by atoms with E-state index in [0.717, 1.165) is 21.6 Å². The lowest BCUT2D eigenvalue weighted by molar-refractivity contribution is -0.136. The van der Waals surface area contributed by atoms with Crippen LogP contribution in [-0.2, 0) is 14.3 Å². The minimum absolute atomic E-state index is 0.456. The lowest BCUT2D eigenvalue weighted by Gasteiger charge is -2.30. The molecule has 0 saturated heterocycles. The Labute approximate surface area is 201 Å². The highest BCUT2D eigenvalue weighted by atomic mass is 16.6. The number of ether oxygens (including phenoxy) is 1. The summed E-state index contributed by atoms with van der Waals surface area (Å²) < 4.78 is 5.24. The Morgan fingerprint density at radius 2 is 1.53 bits per heavy atom. The number of benzene rings is 2. The number of alkyl carbamates (subject to hydrolysis) is 1. The minimum atomic E-state index is -1.11. The fourth-order valence-corrected chi connectivity index (χ4v) is 3.51. The van der Waals surface area contributed by atoms with Crippen LogP contribution in [0, 0.1) is 33.2 Å². The summed E-state index contributed by atoms with van der Waals surface area (Å²) in [5.74, 6) is -1.07. The van der Waals surface area contributed by atoms with Crippen molar-refractivity contribution >= 4 is 23.6 Å². The number of terminal acetylenes is 1. The van der Waals surface area contributed by atoms with Crippen LogP contribution >= 0.6 is 0 Å². The number of carbonyl (C=O) groups is 3. The van der Waals surface area contributed by atoms with Gasteiger partial charge in [-0.05, 0) is 70.7 Å². The number of nitrogens with zero attached hydrogens (tertiary/aromatic N) is 1. The van der Waals surface area contributed by atoms with E-state index < -0.39 is 35.6 Å². The fourth-order valence-electron chi connectivity index (χ4n) is 3.51. The number of para-hydroxylation sites is 1. The Hall–Kier alpha value is -3.79. The van der Waals surface area contributed by atoms with Crippen LogP contribution in [0.1, 0.15) is 56.0 Å². The molecular weight excluding hydrogens is 430 g/mol. The number of hydrogen-bond acceptors (Lipinski definition) is 4. The summed E-state index contributed by atoms with van der Waals surface area (Å²) in [6.45, 7) is 12.3. The van der Waals surface area contributed by atoms with Gasteiger partial charge in [0.15, 0.2) is 0 Å². The molecule has 2 aromatic rings. The smallest absolute Gasteiger partial charge is 0.408 e. The van der Waals surface area contributed by atoms with Crippen molar-refractivity contribution in [1.82, 2.24) is 10.2 Å². The summed E-state index contributed by atoms with van der Waals surface area (Å²) in [4.78, 5) is 40.1. The first-order valence-corrected chi connectivity index (χ1v) is 11.1. The van der Waals surface area contributed by atoms with E-state index in [1.807, 2.05) is 51.1 Å². The van der Waals surface area contributed by atoms with E-state index in [1.165, 1.54) is 6.92 Å². The Morgan fingerprint density at radius 3 is 2.06 bits per heavy atom. The van der Waals surface area contributed by atoms with Crippen LogP contribution in [0.15, 0.2) is 42.5 Å². The number of aryl methyl sites for hydroxylation is 3. The topological polar surface area (TPSA) is 87.7 Å². The van der Waals surface area contributed by atoms with Crippen molar-refractivity contribution in [2.45, 2.75) is 66.2 Å². The van der Waals surface area contributed by atoms with Crippen LogP contribution in [-0.4, -0.2) is 34.5 Å². The first kappa shape index (κ1) is 26.5. The van der Waals surface area contributed by atoms with Gasteiger partial charge in [-0.25, -0.2) is 4.79 Å². The van der Waals surface area contributed by atoms with Crippen LogP contribution in [0.4, 0.5) is 10.5 Å². The highest BCUT2D eigenvalue weighted by Crippen LogP contribution is 2.28. The van der Waals surface area contributed by atoms with Gasteiger partial charge in [-0.1, -0.05) is 48.9 Å². The largest absolute Gasteiger partial charge is 0.444 e. The summed E-state index contributed by atoms with van der Waals surface area (Å²) in [6, 6.07) is 13.1. The van der Waals surface area contributed by atoms with E-state index >= 15 is 0 Å². The summed E-state index contributed by atoms with van der Waals surface area (Å²) in [5, 5.41) is 5.44. The van der Waals surface area contributed by atoms with Gasteiger partial charge in [0.2, 0.25) is 0 Å². The van der Waals surface area contributed by atoms with Crippen LogP contribution in [0.5, 0.6) is 0 Å². The van der Waals surface area contributed by atoms with Crippen molar-refractivity contribution in [2.75, 3.05) is 5.32 Å². The Kier molecular flexibility index (Phi) is 8.47. The minimum Gasteiger partial charge on any atom is -0.444 e. The molecule has 0 aliphatic rings. The predicted octanol–water partition coefficient (Wildman–Crippen LogP) is 4.62. The highest BCUT2D eigenvalue weighted by molar-refractivity contribution is 6.00. The van der Waals surface area contributed by atoms with Crippen molar-refractivity contribution in [3.63, 3.8) is 0 Å². The molecule has 2 unspecified atom stereocenters. The van der Waals surface area contributed by atoms with E-state index in [1.54, 1.807) is 32.9 Å². The molecule has 0 bridgehead atoms. The Balaban J connectivity index is 2.42. The van der Waals surface area contributed by atoms with Crippen molar-refractivity contribution in [1.29, 1.82) is 0 Å². The molecule has 3 amide bonds.